The Morgan fingerprint density at radius 2 is 1.96 bits per heavy atom. The molecule has 0 aliphatic carbocycles. The quantitative estimate of drug-likeness (QED) is 0.863. The highest BCUT2D eigenvalue weighted by atomic mass is 19.1. The van der Waals surface area contributed by atoms with Crippen LogP contribution in [0.5, 0.6) is 0 Å². The first-order valence-corrected chi connectivity index (χ1v) is 7.44. The third kappa shape index (κ3) is 3.85. The summed E-state index contributed by atoms with van der Waals surface area (Å²) >= 11 is 0. The first-order chi connectivity index (χ1) is 10.9. The highest BCUT2D eigenvalue weighted by Gasteiger charge is 2.35. The molecule has 1 aromatic rings. The number of nitrogens with zero attached hydrogens (tertiary/aromatic N) is 2. The molecule has 0 radical (unpaired) electrons. The summed E-state index contributed by atoms with van der Waals surface area (Å²) < 4.78 is 13.7. The third-order valence-corrected chi connectivity index (χ3v) is 3.99. The van der Waals surface area contributed by atoms with Crippen LogP contribution >= 0.6 is 0 Å². The maximum absolute atomic E-state index is 13.7. The molecule has 0 saturated carbocycles. The molecule has 7 heteroatoms. The van der Waals surface area contributed by atoms with Crippen LogP contribution in [0.25, 0.3) is 0 Å². The van der Waals surface area contributed by atoms with Crippen LogP contribution in [0.1, 0.15) is 12.5 Å². The van der Waals surface area contributed by atoms with Gasteiger partial charge in [0.05, 0.1) is 13.0 Å². The minimum absolute atomic E-state index is 0.0623. The molecule has 124 valence electrons. The maximum Gasteiger partial charge on any atom is 0.244 e. The molecule has 6 nitrogen and oxygen atoms in total. The van der Waals surface area contributed by atoms with Crippen molar-refractivity contribution in [3.63, 3.8) is 0 Å². The van der Waals surface area contributed by atoms with Gasteiger partial charge in [0.1, 0.15) is 11.9 Å². The van der Waals surface area contributed by atoms with Gasteiger partial charge in [-0.3, -0.25) is 14.4 Å². The molecule has 1 atom stereocenters. The van der Waals surface area contributed by atoms with E-state index >= 15 is 0 Å². The summed E-state index contributed by atoms with van der Waals surface area (Å²) in [5, 5.41) is 2.51. The van der Waals surface area contributed by atoms with Gasteiger partial charge in [-0.15, -0.1) is 0 Å². The van der Waals surface area contributed by atoms with Gasteiger partial charge in [0.2, 0.25) is 17.7 Å². The lowest BCUT2D eigenvalue weighted by atomic mass is 10.1. The monoisotopic (exact) mass is 321 g/mol. The summed E-state index contributed by atoms with van der Waals surface area (Å²) in [5.41, 5.74) is 0.322. The van der Waals surface area contributed by atoms with Crippen LogP contribution in [0, 0.1) is 5.82 Å². The Balaban J connectivity index is 2.09. The van der Waals surface area contributed by atoms with E-state index in [1.807, 2.05) is 0 Å². The van der Waals surface area contributed by atoms with Crippen LogP contribution in [-0.4, -0.2) is 60.2 Å². The van der Waals surface area contributed by atoms with Gasteiger partial charge in [-0.2, -0.15) is 0 Å². The Morgan fingerprint density at radius 3 is 2.57 bits per heavy atom. The summed E-state index contributed by atoms with van der Waals surface area (Å²) in [6.07, 6.45) is -0.0623. The molecule has 1 aliphatic rings. The number of amides is 3. The number of nitrogens with one attached hydrogen (secondary N) is 1. The normalized spacial score (nSPS) is 17.8. The number of likely N-dealkylation sites (N-methyl/N-ethyl adjacent to an activating group) is 1. The number of carbonyl (C=O) groups excluding carboxylic acids is 3. The van der Waals surface area contributed by atoms with Crippen LogP contribution in [0.2, 0.25) is 0 Å². The van der Waals surface area contributed by atoms with Crippen LogP contribution < -0.4 is 5.32 Å². The molecule has 3 amide bonds. The van der Waals surface area contributed by atoms with Gasteiger partial charge >= 0.3 is 0 Å². The molecule has 0 unspecified atom stereocenters. The van der Waals surface area contributed by atoms with Crippen molar-refractivity contribution in [3.8, 4) is 0 Å². The summed E-state index contributed by atoms with van der Waals surface area (Å²) in [6, 6.07) is 5.40. The zero-order chi connectivity index (χ0) is 17.0. The summed E-state index contributed by atoms with van der Waals surface area (Å²) in [6.45, 7) is 2.14. The topological polar surface area (TPSA) is 69.7 Å². The van der Waals surface area contributed by atoms with Crippen molar-refractivity contribution in [2.75, 3.05) is 26.7 Å². The minimum atomic E-state index is -0.712. The van der Waals surface area contributed by atoms with Gasteiger partial charge in [-0.1, -0.05) is 18.2 Å². The molecular weight excluding hydrogens is 301 g/mol. The second-order valence-corrected chi connectivity index (χ2v) is 5.45. The summed E-state index contributed by atoms with van der Waals surface area (Å²) in [4.78, 5) is 38.9. The Labute approximate surface area is 134 Å². The molecule has 1 N–H and O–H groups in total. The third-order valence-electron chi connectivity index (χ3n) is 3.99. The lowest BCUT2D eigenvalue weighted by Crippen LogP contribution is -2.61. The molecule has 1 aromatic carbocycles. The van der Waals surface area contributed by atoms with Crippen molar-refractivity contribution in [1.29, 1.82) is 0 Å². The van der Waals surface area contributed by atoms with Crippen LogP contribution in [0.15, 0.2) is 24.3 Å². The average Bonchev–Trinajstić information content (AvgIpc) is 2.55. The Bertz CT molecular complexity index is 620. The van der Waals surface area contributed by atoms with E-state index in [4.69, 9.17) is 0 Å². The van der Waals surface area contributed by atoms with Gasteiger partial charge in [0.25, 0.3) is 0 Å². The van der Waals surface area contributed by atoms with E-state index in [1.165, 1.54) is 29.8 Å². The Hall–Kier alpha value is -2.44. The first-order valence-electron chi connectivity index (χ1n) is 7.44. The van der Waals surface area contributed by atoms with E-state index in [2.05, 4.69) is 5.32 Å². The van der Waals surface area contributed by atoms with E-state index in [9.17, 15) is 18.8 Å². The molecule has 1 heterocycles. The van der Waals surface area contributed by atoms with Crippen molar-refractivity contribution in [3.05, 3.63) is 35.6 Å². The van der Waals surface area contributed by atoms with Gasteiger partial charge in [-0.05, 0) is 11.6 Å². The fourth-order valence-corrected chi connectivity index (χ4v) is 2.69. The number of benzene rings is 1. The molecule has 2 rings (SSSR count). The fraction of sp³-hybridized carbons (Fsp3) is 0.438. The standard InChI is InChI=1S/C16H20FN3O3/c1-11(21)20-8-7-19(10-14(20)16(23)18-2)15(22)9-12-5-3-4-6-13(12)17/h3-6,14H,7-10H2,1-2H3,(H,18,23)/t14-/m0/s1. The van der Waals surface area contributed by atoms with E-state index in [0.29, 0.717) is 12.1 Å². The first kappa shape index (κ1) is 16.9. The number of hydrogen-bond donors (Lipinski definition) is 1. The van der Waals surface area contributed by atoms with Crippen molar-refractivity contribution in [2.24, 2.45) is 0 Å². The molecule has 1 saturated heterocycles. The molecule has 0 spiro atoms. The molecule has 1 aliphatic heterocycles. The number of piperazine rings is 1. The average molecular weight is 321 g/mol. The fourth-order valence-electron chi connectivity index (χ4n) is 2.69. The van der Waals surface area contributed by atoms with Crippen LogP contribution in [0.4, 0.5) is 4.39 Å². The van der Waals surface area contributed by atoms with Crippen molar-refractivity contribution >= 4 is 17.7 Å². The lowest BCUT2D eigenvalue weighted by Gasteiger charge is -2.40. The van der Waals surface area contributed by atoms with Gasteiger partial charge in [-0.25, -0.2) is 4.39 Å². The zero-order valence-corrected chi connectivity index (χ0v) is 13.2. The summed E-state index contributed by atoms with van der Waals surface area (Å²) in [7, 11) is 1.49. The predicted molar refractivity (Wildman–Crippen MR) is 81.9 cm³/mol. The minimum Gasteiger partial charge on any atom is -0.357 e. The van der Waals surface area contributed by atoms with Crippen molar-refractivity contribution < 1.29 is 18.8 Å². The highest BCUT2D eigenvalue weighted by molar-refractivity contribution is 5.88. The number of carbonyl (C=O) groups is 3. The molecular formula is C16H20FN3O3. The van der Waals surface area contributed by atoms with Crippen LogP contribution in [0.3, 0.4) is 0 Å². The Kier molecular flexibility index (Phi) is 5.31. The SMILES string of the molecule is CNC(=O)[C@@H]1CN(C(=O)Cc2ccccc2F)CCN1C(C)=O. The van der Waals surface area contributed by atoms with E-state index in [0.717, 1.165) is 0 Å². The molecule has 0 aromatic heterocycles. The van der Waals surface area contributed by atoms with Gasteiger partial charge in [0.15, 0.2) is 0 Å². The maximum atomic E-state index is 13.7. The van der Waals surface area contributed by atoms with Gasteiger partial charge in [0, 0.05) is 27.1 Å². The van der Waals surface area contributed by atoms with Crippen molar-refractivity contribution in [2.45, 2.75) is 19.4 Å². The highest BCUT2D eigenvalue weighted by Crippen LogP contribution is 2.14. The number of halogens is 1. The summed E-state index contributed by atoms with van der Waals surface area (Å²) in [5.74, 6) is -1.21. The molecule has 23 heavy (non-hydrogen) atoms. The second kappa shape index (κ2) is 7.21. The van der Waals surface area contributed by atoms with E-state index in [1.54, 1.807) is 18.2 Å². The van der Waals surface area contributed by atoms with E-state index in [-0.39, 0.29) is 37.2 Å². The second-order valence-electron chi connectivity index (χ2n) is 5.45. The van der Waals surface area contributed by atoms with Crippen molar-refractivity contribution in [1.82, 2.24) is 15.1 Å². The van der Waals surface area contributed by atoms with Crippen LogP contribution in [-0.2, 0) is 20.8 Å². The van der Waals surface area contributed by atoms with E-state index < -0.39 is 11.9 Å². The molecule has 0 bridgehead atoms. The number of rotatable bonds is 3. The molecule has 1 fully saturated rings. The largest absolute Gasteiger partial charge is 0.357 e. The lowest BCUT2D eigenvalue weighted by molar-refractivity contribution is -0.146. The smallest absolute Gasteiger partial charge is 0.244 e. The van der Waals surface area contributed by atoms with Gasteiger partial charge < -0.3 is 15.1 Å². The Morgan fingerprint density at radius 1 is 1.26 bits per heavy atom. The number of hydrogen-bond acceptors (Lipinski definition) is 3. The predicted octanol–water partition coefficient (Wildman–Crippen LogP) is 0.174. The zero-order valence-electron chi connectivity index (χ0n) is 13.2.